The van der Waals surface area contributed by atoms with Crippen LogP contribution in [0.1, 0.15) is 11.1 Å². The number of hydrogen-bond acceptors (Lipinski definition) is 14. The van der Waals surface area contributed by atoms with E-state index in [2.05, 4.69) is 75.0 Å². The average Bonchev–Trinajstić information content (AvgIpc) is 3.19. The van der Waals surface area contributed by atoms with Crippen molar-refractivity contribution < 1.29 is 13.0 Å². The second-order valence-corrected chi connectivity index (χ2v) is 13.4. The summed E-state index contributed by atoms with van der Waals surface area (Å²) in [6.07, 6.45) is 3.51. The van der Waals surface area contributed by atoms with Crippen molar-refractivity contribution in [1.82, 2.24) is 29.9 Å². The first-order valence-electron chi connectivity index (χ1n) is 17.0. The minimum atomic E-state index is -4.44. The van der Waals surface area contributed by atoms with Gasteiger partial charge in [-0.1, -0.05) is 79.9 Å². The van der Waals surface area contributed by atoms with Crippen LogP contribution in [0, 0.1) is 0 Å². The van der Waals surface area contributed by atoms with Gasteiger partial charge in [0, 0.05) is 34.1 Å². The van der Waals surface area contributed by atoms with Gasteiger partial charge < -0.3 is 31.9 Å². The zero-order valence-corrected chi connectivity index (χ0v) is 30.4. The Bertz CT molecular complexity index is 2610. The Labute approximate surface area is 322 Å². The van der Waals surface area contributed by atoms with Gasteiger partial charge >= 0.3 is 0 Å². The molecule has 0 aliphatic rings. The highest BCUT2D eigenvalue weighted by Crippen LogP contribution is 2.26. The third kappa shape index (κ3) is 9.84. The molecule has 0 saturated heterocycles. The summed E-state index contributed by atoms with van der Waals surface area (Å²) < 4.78 is 33.1. The van der Waals surface area contributed by atoms with E-state index >= 15 is 0 Å². The zero-order chi connectivity index (χ0) is 38.9. The number of aromatic nitrogens is 6. The average molecular weight is 763 g/mol. The van der Waals surface area contributed by atoms with Gasteiger partial charge in [0.15, 0.2) is 0 Å². The molecule has 278 valence electrons. The van der Waals surface area contributed by atoms with Gasteiger partial charge in [0.05, 0.1) is 4.90 Å². The monoisotopic (exact) mass is 762 g/mol. The Balaban J connectivity index is 1.16. The van der Waals surface area contributed by atoms with Crippen LogP contribution in [0.4, 0.5) is 69.8 Å². The Morgan fingerprint density at radius 3 is 1.11 bits per heavy atom. The number of nitrogens with zero attached hydrogens (tertiary/aromatic N) is 6. The van der Waals surface area contributed by atoms with Crippen LogP contribution >= 0.6 is 0 Å². The predicted octanol–water partition coefficient (Wildman–Crippen LogP) is 9.05. The molecule has 5 aromatic carbocycles. The fourth-order valence-electron chi connectivity index (χ4n) is 5.20. The number of nitrogens with one attached hydrogen (secondary N) is 6. The van der Waals surface area contributed by atoms with Gasteiger partial charge in [-0.05, 0) is 83.9 Å². The first-order valence-corrected chi connectivity index (χ1v) is 18.4. The van der Waals surface area contributed by atoms with Crippen molar-refractivity contribution in [1.29, 1.82) is 0 Å². The maximum absolute atomic E-state index is 11.8. The quantitative estimate of drug-likeness (QED) is 0.0487. The summed E-state index contributed by atoms with van der Waals surface area (Å²) >= 11 is 0. The zero-order valence-electron chi connectivity index (χ0n) is 29.5. The molecule has 0 saturated carbocycles. The number of rotatable bonds is 15. The highest BCUT2D eigenvalue weighted by Gasteiger charge is 2.14. The topological polar surface area (TPSA) is 204 Å². The van der Waals surface area contributed by atoms with E-state index in [9.17, 15) is 13.0 Å². The Morgan fingerprint density at radius 2 is 0.732 bits per heavy atom. The van der Waals surface area contributed by atoms with Crippen LogP contribution in [-0.4, -0.2) is 42.9 Å². The van der Waals surface area contributed by atoms with E-state index in [1.165, 1.54) is 18.2 Å². The van der Waals surface area contributed by atoms with Gasteiger partial charge in [-0.15, -0.1) is 0 Å². The second-order valence-electron chi connectivity index (χ2n) is 12.0. The first kappa shape index (κ1) is 36.7. The molecule has 0 amide bonds. The molecular weight excluding hydrogens is 729 g/mol. The van der Waals surface area contributed by atoms with Gasteiger partial charge in [0.2, 0.25) is 35.7 Å². The summed E-state index contributed by atoms with van der Waals surface area (Å²) in [4.78, 5) is 27.1. The summed E-state index contributed by atoms with van der Waals surface area (Å²) in [5.74, 6) is 1.36. The van der Waals surface area contributed by atoms with Crippen molar-refractivity contribution in [2.45, 2.75) is 4.90 Å². The third-order valence-corrected chi connectivity index (χ3v) is 8.72. The van der Waals surface area contributed by atoms with Crippen LogP contribution in [0.15, 0.2) is 145 Å². The molecule has 7 aromatic rings. The van der Waals surface area contributed by atoms with Crippen molar-refractivity contribution in [3.63, 3.8) is 0 Å². The Hall–Kier alpha value is -7.69. The maximum atomic E-state index is 11.8. The van der Waals surface area contributed by atoms with E-state index in [-0.39, 0.29) is 28.7 Å². The number of anilines is 12. The maximum Gasteiger partial charge on any atom is 0.294 e. The molecule has 0 fully saturated rings. The molecule has 7 rings (SSSR count). The number of para-hydroxylation sites is 1. The van der Waals surface area contributed by atoms with Crippen molar-refractivity contribution in [3.8, 4) is 0 Å². The van der Waals surface area contributed by atoms with E-state index in [0.717, 1.165) is 22.5 Å². The van der Waals surface area contributed by atoms with Gasteiger partial charge in [0.25, 0.3) is 10.1 Å². The first-order chi connectivity index (χ1) is 27.2. The Morgan fingerprint density at radius 1 is 0.411 bits per heavy atom. The summed E-state index contributed by atoms with van der Waals surface area (Å²) in [5.41, 5.74) is 5.79. The van der Waals surface area contributed by atoms with Crippen molar-refractivity contribution >= 4 is 92.1 Å². The predicted molar refractivity (Wildman–Crippen MR) is 222 cm³/mol. The van der Waals surface area contributed by atoms with Gasteiger partial charge in [0.1, 0.15) is 0 Å². The summed E-state index contributed by atoms with van der Waals surface area (Å²) in [7, 11) is -4.44. The smallest absolute Gasteiger partial charge is 0.294 e. The van der Waals surface area contributed by atoms with E-state index in [4.69, 9.17) is 0 Å². The van der Waals surface area contributed by atoms with E-state index in [0.29, 0.717) is 34.6 Å². The third-order valence-electron chi connectivity index (χ3n) is 7.87. The lowest BCUT2D eigenvalue weighted by Crippen LogP contribution is -2.08. The standard InChI is InChI=1S/C40H34N12O3S/c1-3-26-16-20-29(21-17-26)42-36-47-35(41-28-10-6-5-7-11-28)48-38(49-36)44-31-12-8-13-32(24-31)45-39-50-37(43-30-22-18-27(4-2)19-23-30)51-40(52-39)46-33-14-9-15-34(25-33)56(53,54)55/h3-25H,1-2H2,(H,53,54,55)(H3,41,42,44,47,48,49)(H3,43,45,46,50,51,52). The molecule has 16 heteroatoms. The van der Waals surface area contributed by atoms with E-state index in [1.54, 1.807) is 18.2 Å². The normalized spacial score (nSPS) is 10.9. The molecule has 7 N–H and O–H groups in total. The minimum absolute atomic E-state index is 0.0947. The van der Waals surface area contributed by atoms with Crippen LogP contribution in [0.25, 0.3) is 12.2 Å². The highest BCUT2D eigenvalue weighted by molar-refractivity contribution is 7.85. The molecule has 0 unspecified atom stereocenters. The van der Waals surface area contributed by atoms with Crippen LogP contribution in [0.2, 0.25) is 0 Å². The van der Waals surface area contributed by atoms with Gasteiger partial charge in [-0.3, -0.25) is 4.55 Å². The highest BCUT2D eigenvalue weighted by atomic mass is 32.2. The summed E-state index contributed by atoms with van der Waals surface area (Å²) in [6, 6.07) is 37.7. The van der Waals surface area contributed by atoms with E-state index < -0.39 is 10.1 Å². The second kappa shape index (κ2) is 16.5. The summed E-state index contributed by atoms with van der Waals surface area (Å²) in [5, 5.41) is 19.1. The molecule has 15 nitrogen and oxygen atoms in total. The molecule has 0 atom stereocenters. The fraction of sp³-hybridized carbons (Fsp3) is 0. The number of benzene rings is 5. The largest absolute Gasteiger partial charge is 0.324 e. The SMILES string of the molecule is C=Cc1ccc(Nc2nc(Nc3ccccc3)nc(Nc3cccc(Nc4nc(Nc5ccc(C=C)cc5)nc(Nc5cccc(S(=O)(=O)O)c5)n4)c3)n2)cc1. The van der Waals surface area contributed by atoms with Crippen LogP contribution in [0.5, 0.6) is 0 Å². The molecule has 0 spiro atoms. The summed E-state index contributed by atoms with van der Waals surface area (Å²) in [6.45, 7) is 7.61. The van der Waals surface area contributed by atoms with Gasteiger partial charge in [-0.2, -0.15) is 38.3 Å². The lowest BCUT2D eigenvalue weighted by Gasteiger charge is -2.13. The van der Waals surface area contributed by atoms with Crippen LogP contribution in [0.3, 0.4) is 0 Å². The van der Waals surface area contributed by atoms with E-state index in [1.807, 2.05) is 103 Å². The molecule has 0 bridgehead atoms. The lowest BCUT2D eigenvalue weighted by molar-refractivity contribution is 0.483. The van der Waals surface area contributed by atoms with Crippen molar-refractivity contribution in [2.75, 3.05) is 31.9 Å². The molecule has 2 heterocycles. The minimum Gasteiger partial charge on any atom is -0.324 e. The molecule has 56 heavy (non-hydrogen) atoms. The fourth-order valence-corrected chi connectivity index (χ4v) is 5.72. The lowest BCUT2D eigenvalue weighted by atomic mass is 10.2. The Kier molecular flexibility index (Phi) is 10.8. The molecule has 0 aliphatic carbocycles. The number of hydrogen-bond donors (Lipinski definition) is 7. The van der Waals surface area contributed by atoms with Crippen LogP contribution < -0.4 is 31.9 Å². The van der Waals surface area contributed by atoms with Crippen LogP contribution in [-0.2, 0) is 10.1 Å². The van der Waals surface area contributed by atoms with Crippen molar-refractivity contribution in [2.24, 2.45) is 0 Å². The molecular formula is C40H34N12O3S. The molecule has 0 aliphatic heterocycles. The van der Waals surface area contributed by atoms with Crippen molar-refractivity contribution in [3.05, 3.63) is 152 Å². The molecule has 2 aromatic heterocycles. The molecule has 0 radical (unpaired) electrons. The van der Waals surface area contributed by atoms with Gasteiger partial charge in [-0.25, -0.2) is 0 Å².